The second-order valence-electron chi connectivity index (χ2n) is 10.6. The van der Waals surface area contributed by atoms with E-state index in [1.165, 1.54) is 24.5 Å². The first kappa shape index (κ1) is 22.5. The van der Waals surface area contributed by atoms with Gasteiger partial charge >= 0.3 is 5.97 Å². The van der Waals surface area contributed by atoms with E-state index in [1.54, 1.807) is 0 Å². The molecule has 182 valence electrons. The van der Waals surface area contributed by atoms with Crippen LogP contribution in [0.15, 0.2) is 24.3 Å². The number of nitrogens with zero attached hydrogens (tertiary/aromatic N) is 1. The third-order valence-corrected chi connectivity index (χ3v) is 9.39. The number of aromatic amines is 1. The highest BCUT2D eigenvalue weighted by atomic mass is 32.1. The first-order valence-corrected chi connectivity index (χ1v) is 13.2. The number of rotatable bonds is 4. The summed E-state index contributed by atoms with van der Waals surface area (Å²) in [6, 6.07) is 8.29. The number of aromatic nitrogens is 1. The Bertz CT molecular complexity index is 1140. The summed E-state index contributed by atoms with van der Waals surface area (Å²) in [5.74, 6) is -0.608. The Hall–Kier alpha value is -1.96. The number of H-pyrrole nitrogens is 1. The highest BCUT2D eigenvalue weighted by molar-refractivity contribution is 7.80. The number of fused-ring (bicyclic) bond motifs is 5. The van der Waals surface area contributed by atoms with Gasteiger partial charge in [0.2, 0.25) is 0 Å². The molecular formula is C27H34N2O4S. The Morgan fingerprint density at radius 2 is 2.06 bits per heavy atom. The van der Waals surface area contributed by atoms with Crippen molar-refractivity contribution < 1.29 is 19.0 Å². The molecule has 4 heterocycles. The zero-order valence-electron chi connectivity index (χ0n) is 20.2. The Kier molecular flexibility index (Phi) is 5.32. The topological polar surface area (TPSA) is 63.8 Å². The van der Waals surface area contributed by atoms with Crippen LogP contribution < -0.4 is 0 Å². The summed E-state index contributed by atoms with van der Waals surface area (Å²) in [5.41, 5.74) is 1.97. The van der Waals surface area contributed by atoms with E-state index in [4.69, 9.17) is 26.4 Å². The number of benzene rings is 1. The molecule has 6 nitrogen and oxygen atoms in total. The van der Waals surface area contributed by atoms with Crippen LogP contribution in [0.5, 0.6) is 0 Å². The summed E-state index contributed by atoms with van der Waals surface area (Å²) >= 11 is 6.08. The lowest BCUT2D eigenvalue weighted by Gasteiger charge is -2.40. The van der Waals surface area contributed by atoms with Crippen molar-refractivity contribution in [2.24, 2.45) is 5.92 Å². The van der Waals surface area contributed by atoms with Crippen LogP contribution in [-0.4, -0.2) is 52.5 Å². The molecule has 1 saturated carbocycles. The highest BCUT2D eigenvalue weighted by Gasteiger charge is 2.61. The molecule has 4 aliphatic rings. The summed E-state index contributed by atoms with van der Waals surface area (Å²) in [5, 5.41) is 1.19. The molecule has 7 heteroatoms. The molecule has 34 heavy (non-hydrogen) atoms. The molecule has 1 aromatic carbocycles. The summed E-state index contributed by atoms with van der Waals surface area (Å²) in [6.07, 6.45) is 8.62. The van der Waals surface area contributed by atoms with Crippen molar-refractivity contribution in [1.29, 1.82) is 0 Å². The van der Waals surface area contributed by atoms with Crippen molar-refractivity contribution in [3.8, 4) is 0 Å². The maximum Gasteiger partial charge on any atom is 0.338 e. The normalized spacial score (nSPS) is 32.2. The van der Waals surface area contributed by atoms with Crippen molar-refractivity contribution in [3.05, 3.63) is 35.5 Å². The molecule has 3 unspecified atom stereocenters. The van der Waals surface area contributed by atoms with Gasteiger partial charge in [-0.3, -0.25) is 0 Å². The van der Waals surface area contributed by atoms with E-state index in [0.29, 0.717) is 13.0 Å². The minimum atomic E-state index is -0.903. The number of carbonyl (C=O) groups is 1. The van der Waals surface area contributed by atoms with E-state index < -0.39 is 11.3 Å². The zero-order chi connectivity index (χ0) is 23.6. The molecule has 0 bridgehead atoms. The lowest BCUT2D eigenvalue weighted by Crippen LogP contribution is -2.53. The van der Waals surface area contributed by atoms with Crippen LogP contribution in [0.3, 0.4) is 0 Å². The first-order valence-electron chi connectivity index (χ1n) is 12.8. The summed E-state index contributed by atoms with van der Waals surface area (Å²) in [6.45, 7) is 3.51. The molecular weight excluding hydrogens is 448 g/mol. The number of hydrogen-bond donors (Lipinski definition) is 1. The smallest absolute Gasteiger partial charge is 0.338 e. The third kappa shape index (κ3) is 3.12. The number of ether oxygens (including phenoxy) is 3. The van der Waals surface area contributed by atoms with Gasteiger partial charge in [-0.25, -0.2) is 4.79 Å². The second kappa shape index (κ2) is 8.04. The largest absolute Gasteiger partial charge is 0.467 e. The lowest BCUT2D eigenvalue weighted by atomic mass is 9.80. The number of para-hydroxylation sites is 1. The average Bonchev–Trinajstić information content (AvgIpc) is 3.51. The van der Waals surface area contributed by atoms with Crippen LogP contribution in [0.25, 0.3) is 10.9 Å². The van der Waals surface area contributed by atoms with Gasteiger partial charge < -0.3 is 24.1 Å². The molecule has 1 spiro atoms. The standard InChI is InChI=1S/C27H34N2O4S/c1-3-25(17-32-26(33-25)12-7-4-8-13-26)15-18-16-27(24(30)31-2)22-20(11-14-29(27)23(18)34)19-9-5-6-10-21(19)28-22/h5-6,9-10,18,28H,3-4,7-8,11-17H2,1-2H3. The molecule has 0 radical (unpaired) electrons. The van der Waals surface area contributed by atoms with Crippen molar-refractivity contribution >= 4 is 34.1 Å². The fourth-order valence-electron chi connectivity index (χ4n) is 7.08. The first-order chi connectivity index (χ1) is 16.5. The van der Waals surface area contributed by atoms with E-state index >= 15 is 0 Å². The molecule has 1 N–H and O–H groups in total. The minimum Gasteiger partial charge on any atom is -0.467 e. The number of thiocarbonyl (C=S) groups is 1. The number of carbonyl (C=O) groups excluding carboxylic acids is 1. The van der Waals surface area contributed by atoms with Crippen molar-refractivity contribution in [2.75, 3.05) is 20.3 Å². The molecule has 2 saturated heterocycles. The van der Waals surface area contributed by atoms with Gasteiger partial charge in [-0.2, -0.15) is 0 Å². The van der Waals surface area contributed by atoms with Gasteiger partial charge in [-0.15, -0.1) is 0 Å². The second-order valence-corrected chi connectivity index (χ2v) is 11.0. The molecule has 2 aromatic rings. The van der Waals surface area contributed by atoms with Crippen LogP contribution in [0, 0.1) is 5.92 Å². The van der Waals surface area contributed by atoms with Crippen molar-refractivity contribution in [2.45, 2.75) is 81.6 Å². The summed E-state index contributed by atoms with van der Waals surface area (Å²) in [4.78, 5) is 20.1. The predicted octanol–water partition coefficient (Wildman–Crippen LogP) is 4.99. The summed E-state index contributed by atoms with van der Waals surface area (Å²) < 4.78 is 18.6. The molecule has 0 amide bonds. The maximum atomic E-state index is 13.5. The number of hydrogen-bond acceptors (Lipinski definition) is 5. The van der Waals surface area contributed by atoms with Crippen LogP contribution in [0.4, 0.5) is 0 Å². The van der Waals surface area contributed by atoms with Gasteiger partial charge in [0.25, 0.3) is 0 Å². The van der Waals surface area contributed by atoms with Crippen LogP contribution in [0.1, 0.15) is 69.5 Å². The molecule has 6 rings (SSSR count). The van der Waals surface area contributed by atoms with Gasteiger partial charge in [0, 0.05) is 36.2 Å². The Morgan fingerprint density at radius 1 is 1.26 bits per heavy atom. The summed E-state index contributed by atoms with van der Waals surface area (Å²) in [7, 11) is 1.48. The zero-order valence-corrected chi connectivity index (χ0v) is 21.0. The Balaban J connectivity index is 1.36. The molecule has 1 aliphatic carbocycles. The van der Waals surface area contributed by atoms with Gasteiger partial charge in [-0.05, 0) is 50.2 Å². The van der Waals surface area contributed by atoms with Crippen LogP contribution in [0.2, 0.25) is 0 Å². The van der Waals surface area contributed by atoms with Crippen LogP contribution in [-0.2, 0) is 31.0 Å². The van der Waals surface area contributed by atoms with Crippen LogP contribution >= 0.6 is 12.2 Å². The van der Waals surface area contributed by atoms with E-state index in [9.17, 15) is 4.79 Å². The average molecular weight is 483 g/mol. The fourth-order valence-corrected chi connectivity index (χ4v) is 7.50. The minimum absolute atomic E-state index is 0.0498. The fraction of sp³-hybridized carbons (Fsp3) is 0.630. The van der Waals surface area contributed by atoms with E-state index in [-0.39, 0.29) is 17.5 Å². The van der Waals surface area contributed by atoms with Crippen molar-refractivity contribution in [1.82, 2.24) is 9.88 Å². The molecule has 3 atom stereocenters. The monoisotopic (exact) mass is 482 g/mol. The number of methoxy groups -OCH3 is 1. The van der Waals surface area contributed by atoms with E-state index in [0.717, 1.165) is 67.7 Å². The quantitative estimate of drug-likeness (QED) is 0.489. The van der Waals surface area contributed by atoms with Gasteiger partial charge in [-0.1, -0.05) is 43.8 Å². The highest BCUT2D eigenvalue weighted by Crippen LogP contribution is 2.53. The predicted molar refractivity (Wildman–Crippen MR) is 134 cm³/mol. The molecule has 3 aliphatic heterocycles. The number of nitrogens with one attached hydrogen (secondary N) is 1. The Labute approximate surface area is 206 Å². The Morgan fingerprint density at radius 3 is 2.82 bits per heavy atom. The number of esters is 1. The van der Waals surface area contributed by atoms with E-state index in [1.807, 2.05) is 6.07 Å². The third-order valence-electron chi connectivity index (χ3n) is 8.83. The SMILES string of the molecule is CCC1(CC2CC3(C(=O)OC)c4[nH]c5ccccc5c4CCN3C2=S)COC2(CCCCC2)O1. The molecule has 3 fully saturated rings. The van der Waals surface area contributed by atoms with E-state index in [2.05, 4.69) is 35.0 Å². The maximum absolute atomic E-state index is 13.5. The van der Waals surface area contributed by atoms with Gasteiger partial charge in [0.05, 0.1) is 30.0 Å². The lowest BCUT2D eigenvalue weighted by molar-refractivity contribution is -0.207. The van der Waals surface area contributed by atoms with Crippen molar-refractivity contribution in [3.63, 3.8) is 0 Å². The molecule has 1 aromatic heterocycles. The van der Waals surface area contributed by atoms with Gasteiger partial charge in [0.15, 0.2) is 11.3 Å². The van der Waals surface area contributed by atoms with Gasteiger partial charge in [0.1, 0.15) is 0 Å².